The fourth-order valence-electron chi connectivity index (χ4n) is 1.86. The minimum absolute atomic E-state index is 0.0196. The summed E-state index contributed by atoms with van der Waals surface area (Å²) in [6, 6.07) is 0. The molecule has 2 heterocycles. The Balaban J connectivity index is 1.97. The van der Waals surface area contributed by atoms with Gasteiger partial charge in [0.25, 0.3) is 0 Å². The molecule has 1 aromatic heterocycles. The first kappa shape index (κ1) is 12.0. The third-order valence-corrected chi connectivity index (χ3v) is 4.05. The third kappa shape index (κ3) is 2.61. The summed E-state index contributed by atoms with van der Waals surface area (Å²) in [5.41, 5.74) is 0. The molecule has 0 saturated carbocycles. The van der Waals surface area contributed by atoms with Gasteiger partial charge >= 0.3 is 0 Å². The highest BCUT2D eigenvalue weighted by molar-refractivity contribution is 9.11. The number of anilines is 1. The lowest BCUT2D eigenvalue weighted by molar-refractivity contribution is -0.121. The lowest BCUT2D eigenvalue weighted by atomic mass is 9.99. The van der Waals surface area contributed by atoms with Gasteiger partial charge in [-0.25, -0.2) is 4.98 Å². The van der Waals surface area contributed by atoms with Crippen molar-refractivity contribution in [1.29, 1.82) is 0 Å². The quantitative estimate of drug-likeness (QED) is 0.934. The topological polar surface area (TPSA) is 51.2 Å². The second-order valence-electron chi connectivity index (χ2n) is 3.67. The van der Waals surface area contributed by atoms with Crippen LogP contribution in [0.5, 0.6) is 0 Å². The van der Waals surface area contributed by atoms with E-state index in [0.717, 1.165) is 16.6 Å². The van der Waals surface area contributed by atoms with Crippen molar-refractivity contribution in [2.45, 2.75) is 25.9 Å². The van der Waals surface area contributed by atoms with Gasteiger partial charge in [-0.1, -0.05) is 18.3 Å². The Kier molecular flexibility index (Phi) is 3.94. The Morgan fingerprint density at radius 2 is 2.62 bits per heavy atom. The molecule has 1 amide bonds. The van der Waals surface area contributed by atoms with E-state index in [1.807, 2.05) is 6.92 Å². The first-order valence-corrected chi connectivity index (χ1v) is 6.85. The Morgan fingerprint density at radius 1 is 1.81 bits per heavy atom. The fourth-order valence-corrected chi connectivity index (χ4v) is 2.97. The Morgan fingerprint density at radius 3 is 3.25 bits per heavy atom. The van der Waals surface area contributed by atoms with E-state index in [4.69, 9.17) is 4.74 Å². The number of nitrogens with one attached hydrogen (secondary N) is 1. The van der Waals surface area contributed by atoms with Gasteiger partial charge in [0.1, 0.15) is 0 Å². The minimum atomic E-state index is -0.0346. The smallest absolute Gasteiger partial charge is 0.231 e. The van der Waals surface area contributed by atoms with Gasteiger partial charge in [0.2, 0.25) is 5.91 Å². The molecule has 2 atom stereocenters. The predicted octanol–water partition coefficient (Wildman–Crippen LogP) is 2.66. The molecule has 16 heavy (non-hydrogen) atoms. The van der Waals surface area contributed by atoms with Crippen molar-refractivity contribution in [3.05, 3.63) is 9.98 Å². The number of amides is 1. The van der Waals surface area contributed by atoms with Crippen LogP contribution in [0.2, 0.25) is 0 Å². The van der Waals surface area contributed by atoms with E-state index < -0.39 is 0 Å². The van der Waals surface area contributed by atoms with Crippen LogP contribution in [-0.4, -0.2) is 23.6 Å². The SMILES string of the molecule is CCC1OCCC1C(=O)Nc1ncc(Br)s1. The number of hydrogen-bond donors (Lipinski definition) is 1. The van der Waals surface area contributed by atoms with Crippen LogP contribution in [0.15, 0.2) is 9.98 Å². The van der Waals surface area contributed by atoms with Crippen LogP contribution in [0.4, 0.5) is 5.13 Å². The molecule has 1 aliphatic rings. The summed E-state index contributed by atoms with van der Waals surface area (Å²) >= 11 is 4.73. The van der Waals surface area contributed by atoms with Crippen molar-refractivity contribution < 1.29 is 9.53 Å². The maximum absolute atomic E-state index is 12.0. The molecule has 1 aromatic rings. The van der Waals surface area contributed by atoms with Crippen molar-refractivity contribution >= 4 is 38.3 Å². The zero-order valence-corrected chi connectivity index (χ0v) is 11.3. The molecule has 1 N–H and O–H groups in total. The monoisotopic (exact) mass is 304 g/mol. The average Bonchev–Trinajstić information content (AvgIpc) is 2.86. The molecule has 0 aromatic carbocycles. The van der Waals surface area contributed by atoms with Crippen molar-refractivity contribution in [3.8, 4) is 0 Å². The molecule has 2 rings (SSSR count). The molecular formula is C10H13BrN2O2S. The van der Waals surface area contributed by atoms with E-state index in [9.17, 15) is 4.79 Å². The van der Waals surface area contributed by atoms with Gasteiger partial charge in [-0.2, -0.15) is 0 Å². The summed E-state index contributed by atoms with van der Waals surface area (Å²) in [7, 11) is 0. The van der Waals surface area contributed by atoms with Gasteiger partial charge in [-0.15, -0.1) is 0 Å². The highest BCUT2D eigenvalue weighted by Crippen LogP contribution is 2.27. The maximum atomic E-state index is 12.0. The molecule has 1 saturated heterocycles. The molecule has 88 valence electrons. The van der Waals surface area contributed by atoms with Crippen LogP contribution in [0.1, 0.15) is 19.8 Å². The van der Waals surface area contributed by atoms with Gasteiger partial charge in [0.15, 0.2) is 5.13 Å². The Hall–Kier alpha value is -0.460. The van der Waals surface area contributed by atoms with Crippen molar-refractivity contribution in [2.24, 2.45) is 5.92 Å². The standard InChI is InChI=1S/C10H13BrN2O2S/c1-2-7-6(3-4-15-7)9(14)13-10-12-5-8(11)16-10/h5-7H,2-4H2,1H3,(H,12,13,14). The second-order valence-corrected chi connectivity index (χ2v) is 6.08. The number of aromatic nitrogens is 1. The zero-order chi connectivity index (χ0) is 11.5. The zero-order valence-electron chi connectivity index (χ0n) is 8.90. The van der Waals surface area contributed by atoms with Crippen LogP contribution in [-0.2, 0) is 9.53 Å². The summed E-state index contributed by atoms with van der Waals surface area (Å²) in [4.78, 5) is 16.0. The summed E-state index contributed by atoms with van der Waals surface area (Å²) in [6.45, 7) is 2.72. The molecule has 0 bridgehead atoms. The number of carbonyl (C=O) groups is 1. The summed E-state index contributed by atoms with van der Waals surface area (Å²) in [5.74, 6) is -0.0149. The summed E-state index contributed by atoms with van der Waals surface area (Å²) in [6.07, 6.45) is 3.42. The molecule has 2 unspecified atom stereocenters. The van der Waals surface area contributed by atoms with E-state index in [1.165, 1.54) is 11.3 Å². The molecular weight excluding hydrogens is 292 g/mol. The largest absolute Gasteiger partial charge is 0.377 e. The third-order valence-electron chi connectivity index (χ3n) is 2.66. The van der Waals surface area contributed by atoms with Crippen LogP contribution in [0, 0.1) is 5.92 Å². The fraction of sp³-hybridized carbons (Fsp3) is 0.600. The number of halogens is 1. The van der Waals surface area contributed by atoms with Gasteiger partial charge in [-0.05, 0) is 28.8 Å². The maximum Gasteiger partial charge on any atom is 0.231 e. The summed E-state index contributed by atoms with van der Waals surface area (Å²) in [5, 5.41) is 3.47. The summed E-state index contributed by atoms with van der Waals surface area (Å²) < 4.78 is 6.41. The Bertz CT molecular complexity index is 383. The lowest BCUT2D eigenvalue weighted by Gasteiger charge is -2.15. The van der Waals surface area contributed by atoms with Crippen molar-refractivity contribution in [3.63, 3.8) is 0 Å². The van der Waals surface area contributed by atoms with Crippen molar-refractivity contribution in [2.75, 3.05) is 11.9 Å². The number of carbonyl (C=O) groups excluding carboxylic acids is 1. The van der Waals surface area contributed by atoms with Gasteiger partial charge in [-0.3, -0.25) is 4.79 Å². The van der Waals surface area contributed by atoms with Crippen LogP contribution in [0.3, 0.4) is 0 Å². The van der Waals surface area contributed by atoms with Crippen LogP contribution < -0.4 is 5.32 Å². The normalized spacial score (nSPS) is 24.6. The predicted molar refractivity (Wildman–Crippen MR) is 66.6 cm³/mol. The first-order valence-electron chi connectivity index (χ1n) is 5.24. The number of hydrogen-bond acceptors (Lipinski definition) is 4. The van der Waals surface area contributed by atoms with E-state index in [2.05, 4.69) is 26.2 Å². The highest BCUT2D eigenvalue weighted by Gasteiger charge is 2.33. The van der Waals surface area contributed by atoms with Crippen LogP contribution in [0.25, 0.3) is 0 Å². The first-order chi connectivity index (χ1) is 7.70. The molecule has 0 radical (unpaired) electrons. The molecule has 4 nitrogen and oxygen atoms in total. The molecule has 1 fully saturated rings. The number of nitrogens with zero attached hydrogens (tertiary/aromatic N) is 1. The van der Waals surface area contributed by atoms with E-state index in [-0.39, 0.29) is 17.9 Å². The second kappa shape index (κ2) is 5.25. The molecule has 1 aliphatic heterocycles. The Labute approximate surface area is 107 Å². The van der Waals surface area contributed by atoms with Gasteiger partial charge < -0.3 is 10.1 Å². The number of ether oxygens (including phenoxy) is 1. The van der Waals surface area contributed by atoms with Gasteiger partial charge in [0, 0.05) is 6.61 Å². The van der Waals surface area contributed by atoms with E-state index >= 15 is 0 Å². The highest BCUT2D eigenvalue weighted by atomic mass is 79.9. The van der Waals surface area contributed by atoms with Gasteiger partial charge in [0.05, 0.1) is 22.0 Å². The van der Waals surface area contributed by atoms with E-state index in [1.54, 1.807) is 6.20 Å². The number of rotatable bonds is 3. The lowest BCUT2D eigenvalue weighted by Crippen LogP contribution is -2.29. The molecule has 0 spiro atoms. The average molecular weight is 305 g/mol. The minimum Gasteiger partial charge on any atom is -0.377 e. The molecule has 6 heteroatoms. The van der Waals surface area contributed by atoms with Crippen molar-refractivity contribution in [1.82, 2.24) is 4.98 Å². The van der Waals surface area contributed by atoms with E-state index in [0.29, 0.717) is 11.7 Å². The molecule has 0 aliphatic carbocycles. The van der Waals surface area contributed by atoms with Crippen LogP contribution >= 0.6 is 27.3 Å². The number of thiazole rings is 1.